The molecule has 114 valence electrons. The minimum Gasteiger partial charge on any atom is -0.351 e. The minimum absolute atomic E-state index is 0.0228. The van der Waals surface area contributed by atoms with Gasteiger partial charge in [-0.1, -0.05) is 6.92 Å². The SMILES string of the molecule is CCC(C)(C)NC(=O)CCc1c(C)[nH]c(=O)c(C#N)c1C. The molecular weight excluding hydrogens is 266 g/mol. The van der Waals surface area contributed by atoms with E-state index in [-0.39, 0.29) is 22.6 Å². The van der Waals surface area contributed by atoms with Crippen LogP contribution in [0, 0.1) is 25.2 Å². The highest BCUT2D eigenvalue weighted by molar-refractivity contribution is 5.77. The molecule has 0 spiro atoms. The third kappa shape index (κ3) is 4.19. The lowest BCUT2D eigenvalue weighted by Crippen LogP contribution is -2.42. The van der Waals surface area contributed by atoms with Gasteiger partial charge in [0.15, 0.2) is 0 Å². The average molecular weight is 289 g/mol. The van der Waals surface area contributed by atoms with Gasteiger partial charge in [0.1, 0.15) is 11.6 Å². The molecule has 1 heterocycles. The number of hydrogen-bond acceptors (Lipinski definition) is 3. The Morgan fingerprint density at radius 3 is 2.52 bits per heavy atom. The Labute approximate surface area is 125 Å². The third-order valence-corrected chi connectivity index (χ3v) is 3.88. The van der Waals surface area contributed by atoms with Gasteiger partial charge < -0.3 is 10.3 Å². The van der Waals surface area contributed by atoms with Crippen LogP contribution in [0.3, 0.4) is 0 Å². The number of nitrogens with one attached hydrogen (secondary N) is 2. The van der Waals surface area contributed by atoms with E-state index in [9.17, 15) is 9.59 Å². The second-order valence-corrected chi connectivity index (χ2v) is 5.96. The third-order valence-electron chi connectivity index (χ3n) is 3.88. The zero-order valence-electron chi connectivity index (χ0n) is 13.4. The van der Waals surface area contributed by atoms with E-state index in [0.29, 0.717) is 18.4 Å². The molecule has 0 saturated heterocycles. The van der Waals surface area contributed by atoms with E-state index in [0.717, 1.165) is 17.7 Å². The normalized spacial score (nSPS) is 11.0. The van der Waals surface area contributed by atoms with Crippen LogP contribution in [0.25, 0.3) is 0 Å². The summed E-state index contributed by atoms with van der Waals surface area (Å²) < 4.78 is 0. The highest BCUT2D eigenvalue weighted by atomic mass is 16.1. The van der Waals surface area contributed by atoms with Gasteiger partial charge in [0.2, 0.25) is 5.91 Å². The molecule has 1 aromatic heterocycles. The van der Waals surface area contributed by atoms with Crippen LogP contribution in [0.4, 0.5) is 0 Å². The Morgan fingerprint density at radius 2 is 2.00 bits per heavy atom. The number of aromatic nitrogens is 1. The lowest BCUT2D eigenvalue weighted by atomic mass is 9.98. The molecule has 21 heavy (non-hydrogen) atoms. The van der Waals surface area contributed by atoms with Gasteiger partial charge in [0.05, 0.1) is 0 Å². The fourth-order valence-electron chi connectivity index (χ4n) is 2.19. The molecular formula is C16H23N3O2. The van der Waals surface area contributed by atoms with Gasteiger partial charge in [-0.25, -0.2) is 0 Å². The van der Waals surface area contributed by atoms with E-state index < -0.39 is 0 Å². The molecule has 0 bridgehead atoms. The predicted octanol–water partition coefficient (Wildman–Crippen LogP) is 2.10. The van der Waals surface area contributed by atoms with E-state index in [4.69, 9.17) is 5.26 Å². The van der Waals surface area contributed by atoms with Crippen molar-refractivity contribution in [2.75, 3.05) is 0 Å². The molecule has 5 nitrogen and oxygen atoms in total. The number of nitriles is 1. The Bertz CT molecular complexity index is 636. The average Bonchev–Trinajstić information content (AvgIpc) is 2.38. The lowest BCUT2D eigenvalue weighted by molar-refractivity contribution is -0.122. The van der Waals surface area contributed by atoms with Crippen molar-refractivity contribution < 1.29 is 4.79 Å². The predicted molar refractivity (Wildman–Crippen MR) is 82.1 cm³/mol. The van der Waals surface area contributed by atoms with Crippen molar-refractivity contribution in [1.29, 1.82) is 5.26 Å². The molecule has 0 unspecified atom stereocenters. The topological polar surface area (TPSA) is 85.8 Å². The second kappa shape index (κ2) is 6.57. The van der Waals surface area contributed by atoms with Gasteiger partial charge in [-0.15, -0.1) is 0 Å². The lowest BCUT2D eigenvalue weighted by Gasteiger charge is -2.24. The summed E-state index contributed by atoms with van der Waals surface area (Å²) in [6.45, 7) is 9.53. The van der Waals surface area contributed by atoms with E-state index >= 15 is 0 Å². The number of H-pyrrole nitrogens is 1. The van der Waals surface area contributed by atoms with E-state index in [1.807, 2.05) is 26.8 Å². The quantitative estimate of drug-likeness (QED) is 0.870. The van der Waals surface area contributed by atoms with Crippen molar-refractivity contribution in [2.45, 2.75) is 59.4 Å². The summed E-state index contributed by atoms with van der Waals surface area (Å²) in [7, 11) is 0. The Morgan fingerprint density at radius 1 is 1.38 bits per heavy atom. The number of pyridine rings is 1. The first kappa shape index (κ1) is 17.0. The molecule has 0 atom stereocenters. The summed E-state index contributed by atoms with van der Waals surface area (Å²) in [4.78, 5) is 26.3. The molecule has 1 rings (SSSR count). The zero-order valence-corrected chi connectivity index (χ0v) is 13.4. The molecule has 0 fully saturated rings. The molecule has 0 radical (unpaired) electrons. The number of aryl methyl sites for hydroxylation is 1. The van der Waals surface area contributed by atoms with Gasteiger partial charge in [0, 0.05) is 17.7 Å². The van der Waals surface area contributed by atoms with E-state index in [2.05, 4.69) is 10.3 Å². The highest BCUT2D eigenvalue weighted by Crippen LogP contribution is 2.15. The van der Waals surface area contributed by atoms with Crippen LogP contribution < -0.4 is 10.9 Å². The maximum absolute atomic E-state index is 12.0. The fraction of sp³-hybridized carbons (Fsp3) is 0.562. The fourth-order valence-corrected chi connectivity index (χ4v) is 2.19. The van der Waals surface area contributed by atoms with Crippen LogP contribution >= 0.6 is 0 Å². The molecule has 0 aliphatic heterocycles. The number of amides is 1. The largest absolute Gasteiger partial charge is 0.351 e. The highest BCUT2D eigenvalue weighted by Gasteiger charge is 2.18. The molecule has 0 aromatic carbocycles. The number of carbonyl (C=O) groups excluding carboxylic acids is 1. The van der Waals surface area contributed by atoms with Crippen LogP contribution in [-0.2, 0) is 11.2 Å². The zero-order chi connectivity index (χ0) is 16.2. The van der Waals surface area contributed by atoms with Crippen LogP contribution in [-0.4, -0.2) is 16.4 Å². The van der Waals surface area contributed by atoms with Crippen LogP contribution in [0.1, 0.15) is 56.0 Å². The van der Waals surface area contributed by atoms with Gasteiger partial charge in [-0.3, -0.25) is 9.59 Å². The first-order valence-corrected chi connectivity index (χ1v) is 7.15. The van der Waals surface area contributed by atoms with Gasteiger partial charge in [-0.05, 0) is 51.7 Å². The Kier molecular flexibility index (Phi) is 5.31. The second-order valence-electron chi connectivity index (χ2n) is 5.96. The number of nitrogens with zero attached hydrogens (tertiary/aromatic N) is 1. The Hall–Kier alpha value is -2.09. The van der Waals surface area contributed by atoms with Crippen molar-refractivity contribution in [3.8, 4) is 6.07 Å². The molecule has 1 amide bonds. The smallest absolute Gasteiger partial charge is 0.266 e. The molecule has 0 aliphatic rings. The summed E-state index contributed by atoms with van der Waals surface area (Å²) in [5.74, 6) is -0.0228. The van der Waals surface area contributed by atoms with Crippen LogP contribution in [0.5, 0.6) is 0 Å². The summed E-state index contributed by atoms with van der Waals surface area (Å²) in [5.41, 5.74) is 1.80. The Balaban J connectivity index is 2.89. The summed E-state index contributed by atoms with van der Waals surface area (Å²) >= 11 is 0. The van der Waals surface area contributed by atoms with Crippen molar-refractivity contribution in [1.82, 2.24) is 10.3 Å². The van der Waals surface area contributed by atoms with Gasteiger partial charge in [0.25, 0.3) is 5.56 Å². The monoisotopic (exact) mass is 289 g/mol. The molecule has 5 heteroatoms. The first-order chi connectivity index (χ1) is 9.71. The maximum atomic E-state index is 12.0. The molecule has 0 saturated carbocycles. The number of aromatic amines is 1. The molecule has 1 aromatic rings. The molecule has 2 N–H and O–H groups in total. The van der Waals surface area contributed by atoms with Crippen molar-refractivity contribution in [3.63, 3.8) is 0 Å². The van der Waals surface area contributed by atoms with Crippen LogP contribution in [0.15, 0.2) is 4.79 Å². The van der Waals surface area contributed by atoms with Gasteiger partial charge >= 0.3 is 0 Å². The summed E-state index contributed by atoms with van der Waals surface area (Å²) in [6.07, 6.45) is 1.70. The number of carbonyl (C=O) groups is 1. The minimum atomic E-state index is -0.368. The van der Waals surface area contributed by atoms with Crippen molar-refractivity contribution >= 4 is 5.91 Å². The summed E-state index contributed by atoms with van der Waals surface area (Å²) in [5, 5.41) is 12.0. The molecule has 0 aliphatic carbocycles. The van der Waals surface area contributed by atoms with Crippen LogP contribution in [0.2, 0.25) is 0 Å². The standard InChI is InChI=1S/C16H23N3O2/c1-6-16(4,5)19-14(20)8-7-12-10(2)13(9-17)15(21)18-11(12)3/h6-8H2,1-5H3,(H,18,21)(H,19,20). The van der Waals surface area contributed by atoms with Crippen molar-refractivity contribution in [3.05, 3.63) is 32.7 Å². The van der Waals surface area contributed by atoms with E-state index in [1.54, 1.807) is 13.8 Å². The first-order valence-electron chi connectivity index (χ1n) is 7.15. The summed E-state index contributed by atoms with van der Waals surface area (Å²) in [6, 6.07) is 1.92. The van der Waals surface area contributed by atoms with E-state index in [1.165, 1.54) is 0 Å². The maximum Gasteiger partial charge on any atom is 0.266 e. The van der Waals surface area contributed by atoms with Crippen molar-refractivity contribution in [2.24, 2.45) is 0 Å². The number of hydrogen-bond donors (Lipinski definition) is 2. The van der Waals surface area contributed by atoms with Gasteiger partial charge in [-0.2, -0.15) is 5.26 Å². The number of rotatable bonds is 5.